The Labute approximate surface area is 113 Å². The van der Waals surface area contributed by atoms with Gasteiger partial charge >= 0.3 is 5.97 Å². The van der Waals surface area contributed by atoms with Crippen molar-refractivity contribution in [3.05, 3.63) is 29.2 Å². The largest absolute Gasteiger partial charge is 0.477 e. The summed E-state index contributed by atoms with van der Waals surface area (Å²) in [6.45, 7) is 0. The van der Waals surface area contributed by atoms with Crippen LogP contribution in [0.2, 0.25) is 0 Å². The smallest absolute Gasteiger partial charge is 0.345 e. The number of hydrogen-bond donors (Lipinski definition) is 1. The molecule has 1 aliphatic heterocycles. The number of imide groups is 1. The van der Waals surface area contributed by atoms with Gasteiger partial charge in [-0.3, -0.25) is 9.59 Å². The van der Waals surface area contributed by atoms with Crippen LogP contribution in [0.25, 0.3) is 0 Å². The van der Waals surface area contributed by atoms with E-state index in [2.05, 4.69) is 0 Å². The van der Waals surface area contributed by atoms with Crippen LogP contribution in [0.4, 0.5) is 5.00 Å². The Morgan fingerprint density at radius 2 is 1.74 bits per heavy atom. The number of fused-ring (bicyclic) bond motifs is 1. The topological polar surface area (TPSA) is 74.7 Å². The van der Waals surface area contributed by atoms with Crippen molar-refractivity contribution in [2.45, 2.75) is 12.8 Å². The van der Waals surface area contributed by atoms with Crippen LogP contribution in [-0.2, 0) is 9.59 Å². The summed E-state index contributed by atoms with van der Waals surface area (Å²) < 4.78 is 0. The summed E-state index contributed by atoms with van der Waals surface area (Å²) in [5.41, 5.74) is 0. The van der Waals surface area contributed by atoms with Crippen LogP contribution in [0.1, 0.15) is 22.5 Å². The molecule has 5 nitrogen and oxygen atoms in total. The van der Waals surface area contributed by atoms with Crippen molar-refractivity contribution in [2.24, 2.45) is 11.8 Å². The molecule has 1 fully saturated rings. The summed E-state index contributed by atoms with van der Waals surface area (Å²) in [5.74, 6) is -2.04. The van der Waals surface area contributed by atoms with Gasteiger partial charge in [0.15, 0.2) is 0 Å². The fourth-order valence-corrected chi connectivity index (χ4v) is 3.44. The zero-order valence-electron chi connectivity index (χ0n) is 9.91. The van der Waals surface area contributed by atoms with Gasteiger partial charge in [0.1, 0.15) is 9.88 Å². The molecule has 0 spiro atoms. The van der Waals surface area contributed by atoms with Crippen LogP contribution in [0.5, 0.6) is 0 Å². The maximum atomic E-state index is 12.3. The molecule has 2 amide bonds. The maximum absolute atomic E-state index is 12.3. The Morgan fingerprint density at radius 3 is 2.21 bits per heavy atom. The Bertz CT molecular complexity index is 578. The fourth-order valence-electron chi connectivity index (χ4n) is 2.58. The molecule has 0 unspecified atom stereocenters. The van der Waals surface area contributed by atoms with E-state index >= 15 is 0 Å². The lowest BCUT2D eigenvalue weighted by atomic mass is 9.85. The van der Waals surface area contributed by atoms with Crippen LogP contribution >= 0.6 is 11.3 Å². The van der Waals surface area contributed by atoms with Crippen molar-refractivity contribution in [1.82, 2.24) is 0 Å². The number of rotatable bonds is 2. The van der Waals surface area contributed by atoms with E-state index in [0.29, 0.717) is 17.8 Å². The Hall–Kier alpha value is -1.95. The summed E-state index contributed by atoms with van der Waals surface area (Å²) in [5, 5.41) is 9.30. The number of anilines is 1. The predicted molar refractivity (Wildman–Crippen MR) is 69.1 cm³/mol. The molecule has 1 aromatic heterocycles. The summed E-state index contributed by atoms with van der Waals surface area (Å²) in [6.07, 6.45) is 5.02. The van der Waals surface area contributed by atoms with Crippen molar-refractivity contribution in [3.63, 3.8) is 0 Å². The number of thiophene rings is 1. The normalized spacial score (nSPS) is 25.8. The summed E-state index contributed by atoms with van der Waals surface area (Å²) >= 11 is 0.956. The monoisotopic (exact) mass is 277 g/mol. The first-order chi connectivity index (χ1) is 9.09. The first-order valence-corrected chi connectivity index (χ1v) is 6.77. The van der Waals surface area contributed by atoms with Crippen LogP contribution in [0, 0.1) is 11.8 Å². The molecule has 1 aromatic rings. The second-order valence-electron chi connectivity index (χ2n) is 4.61. The number of carboxylic acids is 1. The molecule has 3 rings (SSSR count). The van der Waals surface area contributed by atoms with Crippen molar-refractivity contribution >= 4 is 34.1 Å². The minimum atomic E-state index is -1.05. The molecule has 0 saturated carbocycles. The number of hydrogen-bond acceptors (Lipinski definition) is 4. The molecule has 19 heavy (non-hydrogen) atoms. The quantitative estimate of drug-likeness (QED) is 0.662. The van der Waals surface area contributed by atoms with E-state index in [1.165, 1.54) is 12.1 Å². The standard InChI is InChI=1S/C13H11NO4S/c15-11-7-3-1-2-4-8(7)12(16)14(11)10-6-5-9(19-10)13(17)18/h1-2,5-8H,3-4H2,(H,17,18)/t7-,8+. The highest BCUT2D eigenvalue weighted by molar-refractivity contribution is 7.18. The molecule has 1 aliphatic carbocycles. The molecule has 2 atom stereocenters. The van der Waals surface area contributed by atoms with Gasteiger partial charge in [-0.25, -0.2) is 9.69 Å². The van der Waals surface area contributed by atoms with Gasteiger partial charge in [0, 0.05) is 0 Å². The van der Waals surface area contributed by atoms with Gasteiger partial charge < -0.3 is 5.11 Å². The van der Waals surface area contributed by atoms with Crippen molar-refractivity contribution in [1.29, 1.82) is 0 Å². The van der Waals surface area contributed by atoms with Crippen molar-refractivity contribution < 1.29 is 19.5 Å². The zero-order chi connectivity index (χ0) is 13.6. The average molecular weight is 277 g/mol. The first-order valence-electron chi connectivity index (χ1n) is 5.95. The van der Waals surface area contributed by atoms with E-state index in [1.807, 2.05) is 12.2 Å². The molecule has 0 radical (unpaired) electrons. The molecule has 1 saturated heterocycles. The molecule has 0 aromatic carbocycles. The number of amides is 2. The lowest BCUT2D eigenvalue weighted by molar-refractivity contribution is -0.122. The van der Waals surface area contributed by atoms with E-state index < -0.39 is 5.97 Å². The van der Waals surface area contributed by atoms with E-state index in [4.69, 9.17) is 5.11 Å². The minimum Gasteiger partial charge on any atom is -0.477 e. The second kappa shape index (κ2) is 4.31. The average Bonchev–Trinajstić information content (AvgIpc) is 2.96. The molecular weight excluding hydrogens is 266 g/mol. The Morgan fingerprint density at radius 1 is 1.16 bits per heavy atom. The molecule has 6 heteroatoms. The molecule has 98 valence electrons. The van der Waals surface area contributed by atoms with Crippen LogP contribution in [-0.4, -0.2) is 22.9 Å². The van der Waals surface area contributed by atoms with Gasteiger partial charge in [0.05, 0.1) is 11.8 Å². The lowest BCUT2D eigenvalue weighted by Gasteiger charge is -2.14. The van der Waals surface area contributed by atoms with Crippen molar-refractivity contribution in [3.8, 4) is 0 Å². The van der Waals surface area contributed by atoms with Crippen LogP contribution < -0.4 is 4.90 Å². The highest BCUT2D eigenvalue weighted by Crippen LogP contribution is 2.39. The molecule has 2 aliphatic rings. The summed E-state index contributed by atoms with van der Waals surface area (Å²) in [7, 11) is 0. The third kappa shape index (κ3) is 1.79. The van der Waals surface area contributed by atoms with E-state index in [0.717, 1.165) is 16.2 Å². The first kappa shape index (κ1) is 12.1. The predicted octanol–water partition coefficient (Wildman–Crippen LogP) is 1.90. The van der Waals surface area contributed by atoms with E-state index in [1.54, 1.807) is 0 Å². The number of nitrogens with zero attached hydrogens (tertiary/aromatic N) is 1. The summed E-state index contributed by atoms with van der Waals surface area (Å²) in [6, 6.07) is 2.94. The van der Waals surface area contributed by atoms with Gasteiger partial charge in [0.25, 0.3) is 0 Å². The highest BCUT2D eigenvalue weighted by atomic mass is 32.1. The molecule has 1 N–H and O–H groups in total. The third-order valence-electron chi connectivity index (χ3n) is 3.53. The SMILES string of the molecule is O=C(O)c1ccc(N2C(=O)[C@H]3CC=CC[C@H]3C2=O)s1. The molecular formula is C13H11NO4S. The number of carboxylic acid groups (broad SMARTS) is 1. The summed E-state index contributed by atoms with van der Waals surface area (Å²) in [4.78, 5) is 36.7. The van der Waals surface area contributed by atoms with Crippen LogP contribution in [0.3, 0.4) is 0 Å². The lowest BCUT2D eigenvalue weighted by Crippen LogP contribution is -2.30. The molecule has 2 heterocycles. The van der Waals surface area contributed by atoms with E-state index in [9.17, 15) is 14.4 Å². The Balaban J connectivity index is 1.94. The number of aromatic carboxylic acids is 1. The Kier molecular flexibility index (Phi) is 2.74. The van der Waals surface area contributed by atoms with Gasteiger partial charge in [-0.1, -0.05) is 12.2 Å². The van der Waals surface area contributed by atoms with Gasteiger partial charge in [-0.05, 0) is 25.0 Å². The van der Waals surface area contributed by atoms with Crippen molar-refractivity contribution in [2.75, 3.05) is 4.90 Å². The second-order valence-corrected chi connectivity index (χ2v) is 5.67. The minimum absolute atomic E-state index is 0.128. The molecule has 0 bridgehead atoms. The van der Waals surface area contributed by atoms with Gasteiger partial charge in [-0.15, -0.1) is 11.3 Å². The van der Waals surface area contributed by atoms with Gasteiger partial charge in [-0.2, -0.15) is 0 Å². The number of allylic oxidation sites excluding steroid dienone is 2. The third-order valence-corrected chi connectivity index (χ3v) is 4.59. The highest BCUT2D eigenvalue weighted by Gasteiger charge is 2.48. The maximum Gasteiger partial charge on any atom is 0.345 e. The number of carbonyl (C=O) groups is 3. The van der Waals surface area contributed by atoms with E-state index in [-0.39, 0.29) is 28.5 Å². The number of carbonyl (C=O) groups excluding carboxylic acids is 2. The fraction of sp³-hybridized carbons (Fsp3) is 0.308. The zero-order valence-corrected chi connectivity index (χ0v) is 10.7. The van der Waals surface area contributed by atoms with Crippen LogP contribution in [0.15, 0.2) is 24.3 Å². The van der Waals surface area contributed by atoms with Gasteiger partial charge in [0.2, 0.25) is 11.8 Å².